The van der Waals surface area contributed by atoms with Crippen LogP contribution in [0.25, 0.3) is 0 Å². The van der Waals surface area contributed by atoms with Crippen LogP contribution in [-0.2, 0) is 41.4 Å². The van der Waals surface area contributed by atoms with Gasteiger partial charge in [0.15, 0.2) is 12.2 Å². The van der Waals surface area contributed by atoms with Gasteiger partial charge < -0.3 is 24.6 Å². The fraction of sp³-hybridized carbons (Fsp3) is 0.700. The predicted molar refractivity (Wildman–Crippen MR) is 235 cm³/mol. The largest absolute Gasteiger partial charge is 0.457 e. The lowest BCUT2D eigenvalue weighted by Crippen LogP contribution is -2.61. The van der Waals surface area contributed by atoms with E-state index in [0.29, 0.717) is 12.8 Å². The van der Waals surface area contributed by atoms with E-state index < -0.39 is 36.4 Å². The lowest BCUT2D eigenvalue weighted by atomic mass is 9.98. The van der Waals surface area contributed by atoms with Crippen molar-refractivity contribution in [1.29, 1.82) is 0 Å². The lowest BCUT2D eigenvalue weighted by Gasteiger charge is -2.39. The van der Waals surface area contributed by atoms with Gasteiger partial charge in [-0.2, -0.15) is 0 Å². The molecule has 1 aliphatic heterocycles. The monoisotopic (exact) mass is 806 g/mol. The van der Waals surface area contributed by atoms with E-state index in [2.05, 4.69) is 60.8 Å². The molecule has 1 amide bonds. The van der Waals surface area contributed by atoms with Gasteiger partial charge in [0.1, 0.15) is 6.10 Å². The predicted octanol–water partition coefficient (Wildman–Crippen LogP) is 11.3. The summed E-state index contributed by atoms with van der Waals surface area (Å²) in [5, 5.41) is 14.0. The van der Waals surface area contributed by atoms with Crippen molar-refractivity contribution >= 4 is 17.8 Å². The summed E-state index contributed by atoms with van der Waals surface area (Å²) < 4.78 is 17.5. The van der Waals surface area contributed by atoms with E-state index in [1.165, 1.54) is 68.9 Å². The third kappa shape index (κ3) is 22.2. The number of nitrogens with one attached hydrogen (secondary N) is 1. The molecule has 1 heterocycles. The number of benzene rings is 2. The van der Waals surface area contributed by atoms with Gasteiger partial charge in [-0.25, -0.2) is 0 Å². The minimum atomic E-state index is -1.09. The summed E-state index contributed by atoms with van der Waals surface area (Å²) in [6, 6.07) is 20.4. The molecule has 1 fully saturated rings. The van der Waals surface area contributed by atoms with Gasteiger partial charge in [0.25, 0.3) is 5.91 Å². The summed E-state index contributed by atoms with van der Waals surface area (Å²) in [4.78, 5) is 39.8. The third-order valence-electron chi connectivity index (χ3n) is 11.6. The molecule has 1 unspecified atom stereocenters. The molecule has 0 aliphatic carbocycles. The normalized spacial score (nSPS) is 18.4. The van der Waals surface area contributed by atoms with Gasteiger partial charge in [-0.15, -0.1) is 0 Å². The average molecular weight is 806 g/mol. The highest BCUT2D eigenvalue weighted by atomic mass is 16.6. The fourth-order valence-electron chi connectivity index (χ4n) is 7.89. The van der Waals surface area contributed by atoms with E-state index >= 15 is 0 Å². The molecule has 8 nitrogen and oxygen atoms in total. The van der Waals surface area contributed by atoms with Crippen LogP contribution in [-0.4, -0.2) is 60.0 Å². The second-order valence-electron chi connectivity index (χ2n) is 16.8. The Labute approximate surface area is 352 Å². The van der Waals surface area contributed by atoms with E-state index in [0.717, 1.165) is 89.9 Å². The van der Waals surface area contributed by atoms with Crippen LogP contribution in [0.5, 0.6) is 0 Å². The van der Waals surface area contributed by atoms with Gasteiger partial charge in [0, 0.05) is 12.8 Å². The Morgan fingerprint density at radius 3 is 1.60 bits per heavy atom. The molecule has 8 heteroatoms. The molecule has 0 radical (unpaired) electrons. The summed E-state index contributed by atoms with van der Waals surface area (Å²) >= 11 is 0. The van der Waals surface area contributed by atoms with Crippen molar-refractivity contribution in [1.82, 2.24) is 5.32 Å². The molecule has 2 N–H and O–H groups in total. The minimum absolute atomic E-state index is 0.0924. The Bertz CT molecular complexity index is 1340. The summed E-state index contributed by atoms with van der Waals surface area (Å²) in [5.74, 6) is -1.17. The quantitative estimate of drug-likeness (QED) is 0.0546. The smallest absolute Gasteiger partial charge is 0.306 e. The number of carbonyl (C=O) groups excluding carboxylic acids is 3. The van der Waals surface area contributed by atoms with Crippen LogP contribution < -0.4 is 5.32 Å². The fourth-order valence-corrected chi connectivity index (χ4v) is 7.89. The van der Waals surface area contributed by atoms with E-state index in [9.17, 15) is 19.5 Å². The van der Waals surface area contributed by atoms with Gasteiger partial charge in [-0.05, 0) is 69.4 Å². The Morgan fingerprint density at radius 2 is 1.09 bits per heavy atom. The number of carbonyl (C=O) groups is 3. The number of aryl methyl sites for hydroxylation is 2. The molecule has 2 aromatic carbocycles. The average Bonchev–Trinajstić information content (AvgIpc) is 3.23. The molecule has 3 rings (SSSR count). The second kappa shape index (κ2) is 31.7. The van der Waals surface area contributed by atoms with Crippen LogP contribution >= 0.6 is 0 Å². The molecular weight excluding hydrogens is 727 g/mol. The van der Waals surface area contributed by atoms with Crippen LogP contribution in [0.2, 0.25) is 0 Å². The van der Waals surface area contributed by atoms with Crippen molar-refractivity contribution in [2.24, 2.45) is 0 Å². The number of esters is 2. The molecule has 0 aromatic heterocycles. The Morgan fingerprint density at radius 1 is 0.638 bits per heavy atom. The topological polar surface area (TPSA) is 111 Å². The highest BCUT2D eigenvalue weighted by molar-refractivity contribution is 5.84. The molecule has 0 spiro atoms. The first-order valence-electron chi connectivity index (χ1n) is 23.4. The molecule has 2 aromatic rings. The number of amides is 1. The summed E-state index contributed by atoms with van der Waals surface area (Å²) in [7, 11) is 0. The number of rotatable bonds is 33. The summed E-state index contributed by atoms with van der Waals surface area (Å²) in [6.45, 7) is 4.07. The summed E-state index contributed by atoms with van der Waals surface area (Å²) in [6.07, 6.45) is 23.7. The van der Waals surface area contributed by atoms with Crippen LogP contribution in [0.1, 0.15) is 185 Å². The number of unbranched alkanes of at least 4 members (excludes halogenated alkanes) is 19. The molecular formula is C50H79NO7. The molecule has 0 saturated carbocycles. The molecule has 326 valence electrons. The van der Waals surface area contributed by atoms with Crippen molar-refractivity contribution < 1.29 is 33.7 Å². The number of aliphatic hydroxyl groups is 1. The molecule has 1 saturated heterocycles. The van der Waals surface area contributed by atoms with Crippen molar-refractivity contribution in [3.63, 3.8) is 0 Å². The second-order valence-corrected chi connectivity index (χ2v) is 16.8. The summed E-state index contributed by atoms with van der Waals surface area (Å²) in [5.41, 5.74) is 2.75. The maximum atomic E-state index is 13.8. The minimum Gasteiger partial charge on any atom is -0.457 e. The highest BCUT2D eigenvalue weighted by Crippen LogP contribution is 2.22. The van der Waals surface area contributed by atoms with E-state index in [4.69, 9.17) is 14.2 Å². The maximum absolute atomic E-state index is 13.8. The van der Waals surface area contributed by atoms with Gasteiger partial charge >= 0.3 is 11.9 Å². The first-order valence-corrected chi connectivity index (χ1v) is 23.4. The van der Waals surface area contributed by atoms with Crippen LogP contribution in [0, 0.1) is 0 Å². The number of aliphatic hydroxyl groups excluding tert-OH is 1. The van der Waals surface area contributed by atoms with E-state index in [1.807, 2.05) is 12.1 Å². The number of hydrogen-bond donors (Lipinski definition) is 2. The molecule has 58 heavy (non-hydrogen) atoms. The van der Waals surface area contributed by atoms with Crippen molar-refractivity contribution in [3.8, 4) is 0 Å². The van der Waals surface area contributed by atoms with Crippen LogP contribution in [0.15, 0.2) is 60.7 Å². The van der Waals surface area contributed by atoms with Gasteiger partial charge in [-0.1, -0.05) is 177 Å². The lowest BCUT2D eigenvalue weighted by molar-refractivity contribution is -0.184. The van der Waals surface area contributed by atoms with Crippen molar-refractivity contribution in [2.45, 2.75) is 218 Å². The molecule has 1 aliphatic rings. The van der Waals surface area contributed by atoms with Crippen molar-refractivity contribution in [3.05, 3.63) is 71.8 Å². The number of hydrogen-bond acceptors (Lipinski definition) is 7. The maximum Gasteiger partial charge on any atom is 0.306 e. The van der Waals surface area contributed by atoms with Crippen LogP contribution in [0.4, 0.5) is 0 Å². The SMILES string of the molecule is CCCCCCCCCCCCC(OC(=O)CCCCCCCCc1ccccc1)C(=O)N[C@H]1CO[C@H](C)[C@@H](O)[C@@H]1OC(=O)CCCCCCCCc1ccccc1. The zero-order valence-electron chi connectivity index (χ0n) is 36.4. The Balaban J connectivity index is 1.42. The van der Waals surface area contributed by atoms with Crippen LogP contribution in [0.3, 0.4) is 0 Å². The molecule has 5 atom stereocenters. The van der Waals surface area contributed by atoms with Gasteiger partial charge in [-0.3, -0.25) is 14.4 Å². The zero-order chi connectivity index (χ0) is 41.5. The third-order valence-corrected chi connectivity index (χ3v) is 11.6. The first-order chi connectivity index (χ1) is 28.4. The standard InChI is InChI=1S/C50H79NO7/c1-3-4-5-6-7-8-9-10-17-28-37-45(57-46(52)38-29-18-13-11-15-22-31-42-33-24-20-25-34-42)50(55)51-44-40-56-41(2)48(54)49(44)58-47(53)39-30-19-14-12-16-23-32-43-35-26-21-27-36-43/h20-21,24-27,33-36,41,44-45,48-49,54H,3-19,22-23,28-32,37-40H2,1-2H3,(H,51,55)/t41-,44+,45?,48-,49-/m1/s1. The first kappa shape index (κ1) is 49.1. The zero-order valence-corrected chi connectivity index (χ0v) is 36.4. The highest BCUT2D eigenvalue weighted by Gasteiger charge is 2.42. The number of ether oxygens (including phenoxy) is 3. The Hall–Kier alpha value is -3.23. The van der Waals surface area contributed by atoms with E-state index in [-0.39, 0.29) is 31.4 Å². The Kier molecular flexibility index (Phi) is 26.8. The van der Waals surface area contributed by atoms with E-state index in [1.54, 1.807) is 6.92 Å². The molecule has 0 bridgehead atoms. The van der Waals surface area contributed by atoms with Crippen molar-refractivity contribution in [2.75, 3.05) is 6.61 Å². The van der Waals surface area contributed by atoms with Gasteiger partial charge in [0.2, 0.25) is 0 Å². The van der Waals surface area contributed by atoms with Gasteiger partial charge in [0.05, 0.1) is 18.8 Å².